The molecule has 1 aromatic carbocycles. The second kappa shape index (κ2) is 13.6. The van der Waals surface area contributed by atoms with Gasteiger partial charge in [0.2, 0.25) is 0 Å². The number of nitrogens with zero attached hydrogens (tertiary/aromatic N) is 1. The van der Waals surface area contributed by atoms with Crippen LogP contribution < -0.4 is 0 Å². The molecule has 2 fully saturated rings. The summed E-state index contributed by atoms with van der Waals surface area (Å²) in [4.78, 5) is 0. The van der Waals surface area contributed by atoms with Crippen molar-refractivity contribution in [3.63, 3.8) is 0 Å². The van der Waals surface area contributed by atoms with Crippen molar-refractivity contribution in [1.29, 1.82) is 5.26 Å². The van der Waals surface area contributed by atoms with Crippen LogP contribution in [0.25, 0.3) is 0 Å². The Morgan fingerprint density at radius 2 is 1.56 bits per heavy atom. The lowest BCUT2D eigenvalue weighted by atomic mass is 9.76. The van der Waals surface area contributed by atoms with Crippen molar-refractivity contribution < 1.29 is 4.39 Å². The zero-order chi connectivity index (χ0) is 22.6. The topological polar surface area (TPSA) is 23.8 Å². The molecule has 0 saturated heterocycles. The Morgan fingerprint density at radius 1 is 0.938 bits per heavy atom. The van der Waals surface area contributed by atoms with Crippen LogP contribution in [0.4, 0.5) is 4.39 Å². The maximum Gasteiger partial charge on any atom is 0.196 e. The summed E-state index contributed by atoms with van der Waals surface area (Å²) in [6.45, 7) is 2.27. The van der Waals surface area contributed by atoms with Gasteiger partial charge in [-0.3, -0.25) is 0 Å². The average Bonchev–Trinajstić information content (AvgIpc) is 2.84. The molecule has 0 N–H and O–H groups in total. The van der Waals surface area contributed by atoms with Gasteiger partial charge in [-0.25, -0.2) is 0 Å². The summed E-state index contributed by atoms with van der Waals surface area (Å²) < 4.78 is 12.9. The van der Waals surface area contributed by atoms with E-state index in [0.29, 0.717) is 12.3 Å². The van der Waals surface area contributed by atoms with Crippen molar-refractivity contribution in [3.8, 4) is 6.07 Å². The number of allylic oxidation sites excluding steroid dienone is 4. The number of unbranched alkanes of at least 4 members (excludes halogenated alkanes) is 2. The lowest BCUT2D eigenvalue weighted by molar-refractivity contribution is 0.295. The zero-order valence-electron chi connectivity index (χ0n) is 20.1. The maximum absolute atomic E-state index is 12.9. The van der Waals surface area contributed by atoms with E-state index in [0.717, 1.165) is 24.2 Å². The molecule has 3 rings (SSSR count). The average molecular weight is 436 g/mol. The highest BCUT2D eigenvalue weighted by Gasteiger charge is 2.22. The minimum Gasteiger partial charge on any atom is -0.195 e. The highest BCUT2D eigenvalue weighted by molar-refractivity contribution is 5.26. The van der Waals surface area contributed by atoms with E-state index in [1.54, 1.807) is 11.6 Å². The van der Waals surface area contributed by atoms with Gasteiger partial charge < -0.3 is 0 Å². The molecule has 0 aliphatic heterocycles. The summed E-state index contributed by atoms with van der Waals surface area (Å²) in [5.41, 5.74) is 3.05. The van der Waals surface area contributed by atoms with E-state index in [4.69, 9.17) is 5.26 Å². The lowest BCUT2D eigenvalue weighted by Crippen LogP contribution is -2.14. The molecule has 2 aliphatic rings. The van der Waals surface area contributed by atoms with E-state index in [1.165, 1.54) is 88.7 Å². The summed E-state index contributed by atoms with van der Waals surface area (Å²) in [7, 11) is 0. The molecule has 0 spiro atoms. The number of hydrogen-bond donors (Lipinski definition) is 0. The van der Waals surface area contributed by atoms with Gasteiger partial charge in [0.15, 0.2) is 5.83 Å². The Morgan fingerprint density at radius 3 is 2.16 bits per heavy atom. The van der Waals surface area contributed by atoms with Crippen LogP contribution in [0.1, 0.15) is 107 Å². The predicted octanol–water partition coefficient (Wildman–Crippen LogP) is 9.21. The molecule has 0 amide bonds. The number of halogens is 1. The molecule has 1 aromatic rings. The fraction of sp³-hybridized carbons (Fsp3) is 0.633. The zero-order valence-corrected chi connectivity index (χ0v) is 20.1. The number of benzene rings is 1. The Kier molecular flexibility index (Phi) is 10.5. The molecule has 2 heteroatoms. The minimum absolute atomic E-state index is 0.629. The summed E-state index contributed by atoms with van der Waals surface area (Å²) >= 11 is 0. The summed E-state index contributed by atoms with van der Waals surface area (Å²) in [6.07, 6.45) is 23.7. The molecule has 32 heavy (non-hydrogen) atoms. The molecule has 0 radical (unpaired) electrons. The maximum atomic E-state index is 12.9. The van der Waals surface area contributed by atoms with Crippen molar-refractivity contribution in [1.82, 2.24) is 0 Å². The van der Waals surface area contributed by atoms with Gasteiger partial charge in [0, 0.05) is 0 Å². The van der Waals surface area contributed by atoms with Gasteiger partial charge in [0.05, 0.1) is 0 Å². The largest absolute Gasteiger partial charge is 0.196 e. The van der Waals surface area contributed by atoms with Crippen LogP contribution in [0.2, 0.25) is 0 Å². The van der Waals surface area contributed by atoms with Crippen LogP contribution in [0.15, 0.2) is 48.3 Å². The van der Waals surface area contributed by atoms with Crippen LogP contribution in [0.5, 0.6) is 0 Å². The number of rotatable bonds is 10. The minimum atomic E-state index is -0.629. The van der Waals surface area contributed by atoms with Gasteiger partial charge in [0.25, 0.3) is 0 Å². The lowest BCUT2D eigenvalue weighted by Gasteiger charge is -2.29. The van der Waals surface area contributed by atoms with Crippen LogP contribution in [-0.2, 0) is 6.42 Å². The molecular formula is C30H42FN. The van der Waals surface area contributed by atoms with Gasteiger partial charge in [-0.15, -0.1) is 0 Å². The molecule has 0 heterocycles. The third kappa shape index (κ3) is 8.23. The first kappa shape index (κ1) is 24.8. The third-order valence-electron chi connectivity index (χ3n) is 7.84. The standard InChI is InChI=1S/C30H42FN/c1-2-3-4-6-24-15-19-28(20-16-24)29-21-17-27(18-22-29)14-13-26-11-9-25(10-12-26)7-5-8-30(31)23-32/h8,13-16,19-20,25-27,29H,2-7,9-12,17-18,21-22H2,1H3. The van der Waals surface area contributed by atoms with Crippen LogP contribution in [-0.4, -0.2) is 0 Å². The molecule has 2 aliphatic carbocycles. The van der Waals surface area contributed by atoms with Crippen LogP contribution >= 0.6 is 0 Å². The van der Waals surface area contributed by atoms with Crippen molar-refractivity contribution in [2.75, 3.05) is 0 Å². The van der Waals surface area contributed by atoms with Crippen molar-refractivity contribution in [2.24, 2.45) is 17.8 Å². The number of aryl methyl sites for hydroxylation is 1. The van der Waals surface area contributed by atoms with Gasteiger partial charge >= 0.3 is 0 Å². The van der Waals surface area contributed by atoms with E-state index in [1.807, 2.05) is 0 Å². The molecular weight excluding hydrogens is 393 g/mol. The van der Waals surface area contributed by atoms with E-state index < -0.39 is 5.83 Å². The van der Waals surface area contributed by atoms with E-state index in [9.17, 15) is 4.39 Å². The van der Waals surface area contributed by atoms with Crippen LogP contribution in [0, 0.1) is 29.1 Å². The van der Waals surface area contributed by atoms with Crippen molar-refractivity contribution >= 4 is 0 Å². The highest BCUT2D eigenvalue weighted by atomic mass is 19.1. The molecule has 174 valence electrons. The van der Waals surface area contributed by atoms with Gasteiger partial charge in [0.1, 0.15) is 6.07 Å². The molecule has 1 nitrogen and oxygen atoms in total. The van der Waals surface area contributed by atoms with Gasteiger partial charge in [-0.2, -0.15) is 9.65 Å². The van der Waals surface area contributed by atoms with Crippen molar-refractivity contribution in [3.05, 3.63) is 59.4 Å². The molecule has 0 atom stereocenters. The molecule has 0 bridgehead atoms. The SMILES string of the molecule is CCCCCc1ccc(C2CCC(C=CC3CCC(CCC=C(F)C#N)CC3)CC2)cc1. The monoisotopic (exact) mass is 435 g/mol. The van der Waals surface area contributed by atoms with Crippen LogP contribution in [0.3, 0.4) is 0 Å². The number of nitriles is 1. The fourth-order valence-corrected chi connectivity index (χ4v) is 5.66. The summed E-state index contributed by atoms with van der Waals surface area (Å²) in [6, 6.07) is 11.1. The Labute approximate surface area is 195 Å². The highest BCUT2D eigenvalue weighted by Crippen LogP contribution is 2.38. The first-order valence-corrected chi connectivity index (χ1v) is 13.2. The quantitative estimate of drug-likeness (QED) is 0.204. The van der Waals surface area contributed by atoms with Gasteiger partial charge in [-0.1, -0.05) is 56.2 Å². The van der Waals surface area contributed by atoms with E-state index in [2.05, 4.69) is 43.3 Å². The predicted molar refractivity (Wildman–Crippen MR) is 133 cm³/mol. The molecule has 2 saturated carbocycles. The Hall–Kier alpha value is -1.88. The van der Waals surface area contributed by atoms with E-state index >= 15 is 0 Å². The summed E-state index contributed by atoms with van der Waals surface area (Å²) in [5.74, 6) is 2.32. The molecule has 0 unspecified atom stereocenters. The second-order valence-corrected chi connectivity index (χ2v) is 10.2. The van der Waals surface area contributed by atoms with Crippen molar-refractivity contribution in [2.45, 2.75) is 103 Å². The Balaban J connectivity index is 1.34. The normalized spacial score (nSPS) is 26.8. The number of hydrogen-bond acceptors (Lipinski definition) is 1. The third-order valence-corrected chi connectivity index (χ3v) is 7.84. The first-order chi connectivity index (χ1) is 15.7. The fourth-order valence-electron chi connectivity index (χ4n) is 5.66. The second-order valence-electron chi connectivity index (χ2n) is 10.2. The van der Waals surface area contributed by atoms with E-state index in [-0.39, 0.29) is 0 Å². The van der Waals surface area contributed by atoms with Gasteiger partial charge in [-0.05, 0) is 118 Å². The summed E-state index contributed by atoms with van der Waals surface area (Å²) in [5, 5.41) is 8.49. The smallest absolute Gasteiger partial charge is 0.195 e. The Bertz CT molecular complexity index is 753. The molecule has 0 aromatic heterocycles. The first-order valence-electron chi connectivity index (χ1n) is 13.2.